The second-order valence-corrected chi connectivity index (χ2v) is 9.11. The number of anilines is 1. The monoisotopic (exact) mass is 468 g/mol. The van der Waals surface area contributed by atoms with Crippen LogP contribution in [0.15, 0.2) is 42.6 Å². The fraction of sp³-hybridized carbons (Fsp3) is 0.500. The molecule has 1 aromatic heterocycles. The van der Waals surface area contributed by atoms with E-state index < -0.39 is 19.3 Å². The van der Waals surface area contributed by atoms with Crippen LogP contribution in [0.5, 0.6) is 5.75 Å². The van der Waals surface area contributed by atoms with Crippen molar-refractivity contribution in [3.63, 3.8) is 0 Å². The zero-order chi connectivity index (χ0) is 23.9. The molecular weight excluding hydrogens is 435 g/mol. The van der Waals surface area contributed by atoms with E-state index in [1.165, 1.54) is 6.07 Å². The van der Waals surface area contributed by atoms with Crippen molar-refractivity contribution in [2.45, 2.75) is 56.8 Å². The second-order valence-electron chi connectivity index (χ2n) is 9.11. The summed E-state index contributed by atoms with van der Waals surface area (Å²) in [6, 6.07) is 11.3. The zero-order valence-electron chi connectivity index (χ0n) is 19.2. The Labute approximate surface area is 200 Å². The molecule has 2 aliphatic rings. The van der Waals surface area contributed by atoms with Gasteiger partial charge in [-0.25, -0.2) is 4.98 Å². The van der Waals surface area contributed by atoms with Gasteiger partial charge in [-0.3, -0.25) is 4.79 Å². The van der Waals surface area contributed by atoms with E-state index in [0.29, 0.717) is 24.8 Å². The first-order chi connectivity index (χ1) is 16.5. The normalized spacial score (nSPS) is 22.1. The van der Waals surface area contributed by atoms with Crippen LogP contribution in [0.25, 0.3) is 0 Å². The molecule has 2 heterocycles. The number of hydrogen-bond donors (Lipinski definition) is 6. The molecule has 0 unspecified atom stereocenters. The van der Waals surface area contributed by atoms with Crippen LogP contribution in [0.2, 0.25) is 0 Å². The molecule has 0 spiro atoms. The quantitative estimate of drug-likeness (QED) is 0.183. The molecule has 1 atom stereocenters. The third kappa shape index (κ3) is 6.47. The number of para-hydroxylation sites is 1. The number of carbonyl (C=O) groups excluding carboxylic acids is 1. The van der Waals surface area contributed by atoms with E-state index in [2.05, 4.69) is 20.9 Å². The third-order valence-electron chi connectivity index (χ3n) is 6.62. The maximum absolute atomic E-state index is 12.7. The van der Waals surface area contributed by atoms with Crippen LogP contribution < -0.4 is 20.6 Å². The first kappa shape index (κ1) is 24.5. The van der Waals surface area contributed by atoms with Crippen LogP contribution in [0.3, 0.4) is 0 Å². The summed E-state index contributed by atoms with van der Waals surface area (Å²) in [5.74, 6) is 0.815. The fourth-order valence-electron chi connectivity index (χ4n) is 4.81. The SMILES string of the molecule is O=C(C[C@H]1CC[C@H](NCCNc2ccccn2)CC1)N[C@H]1Cc2cccc(C(O)O)c2OB1O. The minimum Gasteiger partial charge on any atom is -0.534 e. The Kier molecular flexibility index (Phi) is 8.39. The molecule has 1 aliphatic heterocycles. The molecule has 2 aromatic rings. The predicted molar refractivity (Wildman–Crippen MR) is 129 cm³/mol. The molecule has 1 fully saturated rings. The highest BCUT2D eigenvalue weighted by molar-refractivity contribution is 6.46. The van der Waals surface area contributed by atoms with E-state index in [1.807, 2.05) is 18.2 Å². The lowest BCUT2D eigenvalue weighted by molar-refractivity contribution is -0.122. The lowest BCUT2D eigenvalue weighted by Gasteiger charge is -2.31. The predicted octanol–water partition coefficient (Wildman–Crippen LogP) is 1.15. The Balaban J connectivity index is 1.16. The van der Waals surface area contributed by atoms with Crippen LogP contribution in [-0.4, -0.2) is 58.3 Å². The number of nitrogens with zero attached hydrogens (tertiary/aromatic N) is 1. The standard InChI is InChI=1S/C24H33BN4O5/c30-22(29-20-15-17-4-3-5-19(24(31)32)23(17)34-25(20)33)14-16-7-9-18(10-8-16)26-12-13-28-21-6-1-2-11-27-21/h1-6,11,16,18,20,24,26,31-33H,7-10,12-15H2,(H,27,28)(H,29,30)/t16-,18-,20-/m0/s1. The van der Waals surface area contributed by atoms with Gasteiger partial charge in [-0.05, 0) is 55.7 Å². The third-order valence-corrected chi connectivity index (χ3v) is 6.62. The lowest BCUT2D eigenvalue weighted by Crippen LogP contribution is -2.53. The number of fused-ring (bicyclic) bond motifs is 1. The number of aliphatic hydroxyl groups is 2. The Morgan fingerprint density at radius 2 is 1.94 bits per heavy atom. The van der Waals surface area contributed by atoms with E-state index in [9.17, 15) is 20.0 Å². The number of nitrogens with one attached hydrogen (secondary N) is 3. The molecule has 1 saturated carbocycles. The average Bonchev–Trinajstić information content (AvgIpc) is 2.83. The second kappa shape index (κ2) is 11.7. The molecule has 182 valence electrons. The zero-order valence-corrected chi connectivity index (χ0v) is 19.2. The fourth-order valence-corrected chi connectivity index (χ4v) is 4.81. The summed E-state index contributed by atoms with van der Waals surface area (Å²) >= 11 is 0. The average molecular weight is 468 g/mol. The summed E-state index contributed by atoms with van der Waals surface area (Å²) in [5, 5.41) is 39.2. The van der Waals surface area contributed by atoms with E-state index in [1.54, 1.807) is 18.3 Å². The van der Waals surface area contributed by atoms with Gasteiger partial charge in [0.25, 0.3) is 0 Å². The van der Waals surface area contributed by atoms with E-state index >= 15 is 0 Å². The lowest BCUT2D eigenvalue weighted by atomic mass is 9.72. The van der Waals surface area contributed by atoms with E-state index in [0.717, 1.165) is 50.2 Å². The van der Waals surface area contributed by atoms with Crippen molar-refractivity contribution < 1.29 is 24.7 Å². The van der Waals surface area contributed by atoms with Crippen molar-refractivity contribution in [3.05, 3.63) is 53.7 Å². The van der Waals surface area contributed by atoms with Crippen molar-refractivity contribution in [2.24, 2.45) is 5.92 Å². The van der Waals surface area contributed by atoms with Crippen LogP contribution in [-0.2, 0) is 11.2 Å². The van der Waals surface area contributed by atoms with E-state index in [4.69, 9.17) is 4.65 Å². The molecule has 10 heteroatoms. The molecule has 6 N–H and O–H groups in total. The Morgan fingerprint density at radius 3 is 2.68 bits per heavy atom. The van der Waals surface area contributed by atoms with Gasteiger partial charge in [-0.2, -0.15) is 0 Å². The number of benzene rings is 1. The van der Waals surface area contributed by atoms with Crippen molar-refractivity contribution in [3.8, 4) is 5.75 Å². The van der Waals surface area contributed by atoms with Crippen molar-refractivity contribution in [1.82, 2.24) is 15.6 Å². The minimum atomic E-state index is -1.69. The summed E-state index contributed by atoms with van der Waals surface area (Å²) in [7, 11) is -1.24. The summed E-state index contributed by atoms with van der Waals surface area (Å²) in [6.45, 7) is 1.68. The maximum Gasteiger partial charge on any atom is 0.547 e. The molecule has 4 rings (SSSR count). The number of carbonyl (C=O) groups is 1. The largest absolute Gasteiger partial charge is 0.547 e. The van der Waals surface area contributed by atoms with Crippen molar-refractivity contribution in [2.75, 3.05) is 18.4 Å². The number of rotatable bonds is 9. The highest BCUT2D eigenvalue weighted by Crippen LogP contribution is 2.33. The van der Waals surface area contributed by atoms with Crippen molar-refractivity contribution >= 4 is 18.8 Å². The molecule has 9 nitrogen and oxygen atoms in total. The molecule has 0 saturated heterocycles. The number of aliphatic hydroxyl groups excluding tert-OH is 1. The van der Waals surface area contributed by atoms with Gasteiger partial charge < -0.3 is 35.8 Å². The Morgan fingerprint density at radius 1 is 1.12 bits per heavy atom. The molecule has 1 amide bonds. The highest BCUT2D eigenvalue weighted by atomic mass is 16.5. The minimum absolute atomic E-state index is 0.0922. The summed E-state index contributed by atoms with van der Waals surface area (Å²) < 4.78 is 5.52. The van der Waals surface area contributed by atoms with Gasteiger partial charge >= 0.3 is 7.12 Å². The molecule has 1 aromatic carbocycles. The van der Waals surface area contributed by atoms with E-state index in [-0.39, 0.29) is 17.2 Å². The Hall–Kier alpha value is -2.66. The van der Waals surface area contributed by atoms with Crippen LogP contribution in [0.1, 0.15) is 49.5 Å². The Bertz CT molecular complexity index is 940. The molecule has 0 bridgehead atoms. The van der Waals surface area contributed by atoms with Crippen LogP contribution in [0.4, 0.5) is 5.82 Å². The summed E-state index contributed by atoms with van der Waals surface area (Å²) in [4.78, 5) is 16.9. The first-order valence-corrected chi connectivity index (χ1v) is 12.0. The van der Waals surface area contributed by atoms with Gasteiger partial charge in [0.15, 0.2) is 6.29 Å². The number of pyridine rings is 1. The van der Waals surface area contributed by atoms with Gasteiger partial charge in [0, 0.05) is 37.3 Å². The molecule has 1 aliphatic carbocycles. The first-order valence-electron chi connectivity index (χ1n) is 12.0. The maximum atomic E-state index is 12.7. The number of aromatic nitrogens is 1. The van der Waals surface area contributed by atoms with Crippen LogP contribution >= 0.6 is 0 Å². The topological polar surface area (TPSA) is 136 Å². The van der Waals surface area contributed by atoms with Gasteiger partial charge in [0.1, 0.15) is 11.6 Å². The highest BCUT2D eigenvalue weighted by Gasteiger charge is 2.37. The number of amides is 1. The van der Waals surface area contributed by atoms with Crippen molar-refractivity contribution in [1.29, 1.82) is 0 Å². The molecule has 0 radical (unpaired) electrons. The van der Waals surface area contributed by atoms with Gasteiger partial charge in [0.2, 0.25) is 5.91 Å². The molecular formula is C24H33BN4O5. The van der Waals surface area contributed by atoms with Gasteiger partial charge in [-0.15, -0.1) is 0 Å². The summed E-state index contributed by atoms with van der Waals surface area (Å²) in [6.07, 6.45) is 4.94. The van der Waals surface area contributed by atoms with Gasteiger partial charge in [0.05, 0.1) is 5.94 Å². The van der Waals surface area contributed by atoms with Crippen LogP contribution in [0, 0.1) is 5.92 Å². The smallest absolute Gasteiger partial charge is 0.534 e. The number of hydrogen-bond acceptors (Lipinski definition) is 8. The molecule has 34 heavy (non-hydrogen) atoms. The summed E-state index contributed by atoms with van der Waals surface area (Å²) in [5.41, 5.74) is 0.935. The van der Waals surface area contributed by atoms with Gasteiger partial charge in [-0.1, -0.05) is 24.3 Å².